The van der Waals surface area contributed by atoms with E-state index in [1.165, 1.54) is 6.08 Å². The highest BCUT2D eigenvalue weighted by molar-refractivity contribution is 7.80. The zero-order chi connectivity index (χ0) is 19.8. The molecule has 0 fully saturated rings. The standard InChI is InChI=1S/C20H20ClN3O2S/c1-13(2)19(26)22-15-7-5-8-16(12-15)23-20(27)24-18(25)11-10-14-6-3-4-9-17(14)21/h3-13H,1-2H3,(H,22,26)(H2,23,24,25,27)/b11-10+. The highest BCUT2D eigenvalue weighted by Crippen LogP contribution is 2.17. The quantitative estimate of drug-likeness (QED) is 0.511. The Hall–Kier alpha value is -2.70. The molecule has 0 spiro atoms. The number of halogens is 1. The molecule has 0 aliphatic rings. The normalized spacial score (nSPS) is 10.7. The minimum Gasteiger partial charge on any atom is -0.332 e. The van der Waals surface area contributed by atoms with Crippen molar-refractivity contribution >= 4 is 58.2 Å². The first-order chi connectivity index (χ1) is 12.8. The fraction of sp³-hybridized carbons (Fsp3) is 0.150. The van der Waals surface area contributed by atoms with Crippen LogP contribution in [0.5, 0.6) is 0 Å². The number of amides is 2. The molecule has 0 saturated heterocycles. The summed E-state index contributed by atoms with van der Waals surface area (Å²) in [5.41, 5.74) is 2.03. The van der Waals surface area contributed by atoms with Gasteiger partial charge in [-0.05, 0) is 48.1 Å². The summed E-state index contributed by atoms with van der Waals surface area (Å²) in [4.78, 5) is 23.8. The van der Waals surface area contributed by atoms with Gasteiger partial charge in [-0.3, -0.25) is 14.9 Å². The summed E-state index contributed by atoms with van der Waals surface area (Å²) in [5.74, 6) is -0.573. The number of rotatable bonds is 5. The predicted octanol–water partition coefficient (Wildman–Crippen LogP) is 4.46. The van der Waals surface area contributed by atoms with Gasteiger partial charge in [-0.15, -0.1) is 0 Å². The molecule has 27 heavy (non-hydrogen) atoms. The molecule has 140 valence electrons. The molecule has 0 bridgehead atoms. The zero-order valence-electron chi connectivity index (χ0n) is 15.0. The number of carbonyl (C=O) groups excluding carboxylic acids is 2. The lowest BCUT2D eigenvalue weighted by Crippen LogP contribution is -2.32. The van der Waals surface area contributed by atoms with Gasteiger partial charge in [0.2, 0.25) is 11.8 Å². The van der Waals surface area contributed by atoms with Gasteiger partial charge in [-0.25, -0.2) is 0 Å². The number of anilines is 2. The average Bonchev–Trinajstić information content (AvgIpc) is 2.61. The maximum atomic E-state index is 12.0. The molecule has 5 nitrogen and oxygen atoms in total. The summed E-state index contributed by atoms with van der Waals surface area (Å²) in [6.45, 7) is 3.64. The van der Waals surface area contributed by atoms with Crippen LogP contribution in [0.2, 0.25) is 5.02 Å². The summed E-state index contributed by atoms with van der Waals surface area (Å²) in [6, 6.07) is 14.3. The molecule has 0 radical (unpaired) electrons. The van der Waals surface area contributed by atoms with Crippen LogP contribution in [-0.4, -0.2) is 16.9 Å². The maximum absolute atomic E-state index is 12.0. The van der Waals surface area contributed by atoms with E-state index in [0.29, 0.717) is 16.4 Å². The summed E-state index contributed by atoms with van der Waals surface area (Å²) >= 11 is 11.2. The Bertz CT molecular complexity index is 881. The molecule has 2 amide bonds. The summed E-state index contributed by atoms with van der Waals surface area (Å²) in [7, 11) is 0. The van der Waals surface area contributed by atoms with E-state index in [9.17, 15) is 9.59 Å². The maximum Gasteiger partial charge on any atom is 0.250 e. The van der Waals surface area contributed by atoms with Gasteiger partial charge >= 0.3 is 0 Å². The molecule has 2 aromatic carbocycles. The number of carbonyl (C=O) groups is 2. The molecule has 7 heteroatoms. The number of nitrogens with one attached hydrogen (secondary N) is 3. The number of hydrogen-bond acceptors (Lipinski definition) is 3. The number of benzene rings is 2. The fourth-order valence-corrected chi connectivity index (χ4v) is 2.47. The highest BCUT2D eigenvalue weighted by Gasteiger charge is 2.08. The molecule has 0 heterocycles. The first-order valence-corrected chi connectivity index (χ1v) is 9.09. The largest absolute Gasteiger partial charge is 0.332 e. The first kappa shape index (κ1) is 20.6. The van der Waals surface area contributed by atoms with E-state index in [0.717, 1.165) is 5.56 Å². The molecular formula is C20H20ClN3O2S. The van der Waals surface area contributed by atoms with Crippen molar-refractivity contribution in [3.8, 4) is 0 Å². The van der Waals surface area contributed by atoms with Crippen LogP contribution in [0.25, 0.3) is 6.08 Å². The van der Waals surface area contributed by atoms with Crippen LogP contribution < -0.4 is 16.0 Å². The topological polar surface area (TPSA) is 70.2 Å². The van der Waals surface area contributed by atoms with Crippen molar-refractivity contribution in [2.24, 2.45) is 5.92 Å². The van der Waals surface area contributed by atoms with E-state index < -0.39 is 0 Å². The van der Waals surface area contributed by atoms with Crippen molar-refractivity contribution in [3.05, 3.63) is 65.2 Å². The van der Waals surface area contributed by atoms with Gasteiger partial charge in [0.1, 0.15) is 0 Å². The van der Waals surface area contributed by atoms with Gasteiger partial charge in [0.05, 0.1) is 0 Å². The Morgan fingerprint density at radius 1 is 1.04 bits per heavy atom. The lowest BCUT2D eigenvalue weighted by atomic mass is 10.2. The van der Waals surface area contributed by atoms with Crippen LogP contribution in [0.3, 0.4) is 0 Å². The minimum absolute atomic E-state index is 0.0762. The second-order valence-electron chi connectivity index (χ2n) is 6.02. The van der Waals surface area contributed by atoms with Crippen LogP contribution in [-0.2, 0) is 9.59 Å². The average molecular weight is 402 g/mol. The van der Waals surface area contributed by atoms with Gasteiger partial charge in [-0.1, -0.05) is 49.7 Å². The molecule has 0 unspecified atom stereocenters. The lowest BCUT2D eigenvalue weighted by Gasteiger charge is -2.11. The Morgan fingerprint density at radius 3 is 2.37 bits per heavy atom. The summed E-state index contributed by atoms with van der Waals surface area (Å²) in [6.07, 6.45) is 2.97. The van der Waals surface area contributed by atoms with Crippen molar-refractivity contribution < 1.29 is 9.59 Å². The third-order valence-corrected chi connectivity index (χ3v) is 4.02. The van der Waals surface area contributed by atoms with Crippen molar-refractivity contribution in [3.63, 3.8) is 0 Å². The van der Waals surface area contributed by atoms with Crippen LogP contribution in [0.4, 0.5) is 11.4 Å². The van der Waals surface area contributed by atoms with E-state index in [1.54, 1.807) is 42.5 Å². The highest BCUT2D eigenvalue weighted by atomic mass is 35.5. The van der Waals surface area contributed by atoms with E-state index in [4.69, 9.17) is 23.8 Å². The smallest absolute Gasteiger partial charge is 0.250 e. The Morgan fingerprint density at radius 2 is 1.70 bits per heavy atom. The second-order valence-corrected chi connectivity index (χ2v) is 6.84. The predicted molar refractivity (Wildman–Crippen MR) is 115 cm³/mol. The Balaban J connectivity index is 1.92. The van der Waals surface area contributed by atoms with Gasteiger partial charge in [-0.2, -0.15) is 0 Å². The zero-order valence-corrected chi connectivity index (χ0v) is 16.5. The first-order valence-electron chi connectivity index (χ1n) is 8.30. The van der Waals surface area contributed by atoms with E-state index in [1.807, 2.05) is 26.0 Å². The third kappa shape index (κ3) is 6.84. The van der Waals surface area contributed by atoms with E-state index >= 15 is 0 Å². The van der Waals surface area contributed by atoms with Crippen LogP contribution >= 0.6 is 23.8 Å². The molecule has 2 aromatic rings. The van der Waals surface area contributed by atoms with Crippen molar-refractivity contribution in [1.82, 2.24) is 5.32 Å². The lowest BCUT2D eigenvalue weighted by molar-refractivity contribution is -0.119. The van der Waals surface area contributed by atoms with Crippen LogP contribution in [0.15, 0.2) is 54.6 Å². The van der Waals surface area contributed by atoms with Crippen molar-refractivity contribution in [2.45, 2.75) is 13.8 Å². The van der Waals surface area contributed by atoms with E-state index in [-0.39, 0.29) is 22.8 Å². The minimum atomic E-state index is -0.378. The monoisotopic (exact) mass is 401 g/mol. The van der Waals surface area contributed by atoms with Gasteiger partial charge in [0.25, 0.3) is 0 Å². The van der Waals surface area contributed by atoms with Crippen LogP contribution in [0, 0.1) is 5.92 Å². The molecule has 0 saturated carbocycles. The Kier molecular flexibility index (Phi) is 7.52. The van der Waals surface area contributed by atoms with E-state index in [2.05, 4.69) is 16.0 Å². The summed E-state index contributed by atoms with van der Waals surface area (Å²) in [5, 5.41) is 8.99. The molecule has 0 atom stereocenters. The summed E-state index contributed by atoms with van der Waals surface area (Å²) < 4.78 is 0. The molecule has 0 aliphatic heterocycles. The Labute approximate surface area is 168 Å². The number of hydrogen-bond donors (Lipinski definition) is 3. The molecular weight excluding hydrogens is 382 g/mol. The molecule has 0 aliphatic carbocycles. The van der Waals surface area contributed by atoms with Crippen molar-refractivity contribution in [1.29, 1.82) is 0 Å². The van der Waals surface area contributed by atoms with Gasteiger partial charge in [0, 0.05) is 28.4 Å². The molecule has 3 N–H and O–H groups in total. The third-order valence-electron chi connectivity index (χ3n) is 3.47. The molecule has 2 rings (SSSR count). The van der Waals surface area contributed by atoms with Gasteiger partial charge < -0.3 is 10.6 Å². The van der Waals surface area contributed by atoms with Gasteiger partial charge in [0.15, 0.2) is 5.11 Å². The SMILES string of the molecule is CC(C)C(=O)Nc1cccc(NC(=S)NC(=O)/C=C/c2ccccc2Cl)c1. The second kappa shape index (κ2) is 9.85. The number of thiocarbonyl (C=S) groups is 1. The van der Waals surface area contributed by atoms with Crippen molar-refractivity contribution in [2.75, 3.05) is 10.6 Å². The fourth-order valence-electron chi connectivity index (χ4n) is 2.05. The van der Waals surface area contributed by atoms with Crippen LogP contribution in [0.1, 0.15) is 19.4 Å². The molecule has 0 aromatic heterocycles.